The summed E-state index contributed by atoms with van der Waals surface area (Å²) in [6, 6.07) is 4.56. The Kier molecular flexibility index (Phi) is 4.77. The van der Waals surface area contributed by atoms with Crippen LogP contribution in [0.4, 0.5) is 23.7 Å². The minimum absolute atomic E-state index is 0.0736. The highest BCUT2D eigenvalue weighted by molar-refractivity contribution is 8.00. The number of carbonyl (C=O) groups is 1. The maximum absolute atomic E-state index is 13.4. The Labute approximate surface area is 177 Å². The highest BCUT2D eigenvalue weighted by Crippen LogP contribution is 2.51. The number of hydrogen-bond acceptors (Lipinski definition) is 7. The molecule has 1 unspecified atom stereocenters. The van der Waals surface area contributed by atoms with E-state index >= 15 is 0 Å². The molecule has 2 fully saturated rings. The van der Waals surface area contributed by atoms with Crippen LogP contribution in [-0.2, 0) is 0 Å². The van der Waals surface area contributed by atoms with E-state index in [4.69, 9.17) is 4.52 Å². The minimum atomic E-state index is -4.46. The Morgan fingerprint density at radius 1 is 1.27 bits per heavy atom. The fourth-order valence-corrected chi connectivity index (χ4v) is 5.90. The lowest BCUT2D eigenvalue weighted by molar-refractivity contribution is -0.0327. The number of nitrogens with zero attached hydrogens (tertiary/aromatic N) is 3. The first kappa shape index (κ1) is 19.5. The minimum Gasteiger partial charge on any atom is -0.370 e. The maximum Gasteiger partial charge on any atom is 0.446 e. The van der Waals surface area contributed by atoms with Crippen LogP contribution in [-0.4, -0.2) is 41.3 Å². The normalized spacial score (nSPS) is 19.5. The molecule has 0 bridgehead atoms. The summed E-state index contributed by atoms with van der Waals surface area (Å²) in [4.78, 5) is 18.2. The summed E-state index contributed by atoms with van der Waals surface area (Å²) in [7, 11) is 0. The topological polar surface area (TPSA) is 83.3 Å². The van der Waals surface area contributed by atoms with Gasteiger partial charge in [0, 0.05) is 29.9 Å². The number of benzene rings is 1. The number of fused-ring (bicyclic) bond motifs is 1. The summed E-state index contributed by atoms with van der Waals surface area (Å²) in [6.07, 6.45) is 2.13. The fourth-order valence-electron chi connectivity index (χ4n) is 3.73. The van der Waals surface area contributed by atoms with Gasteiger partial charge in [-0.05, 0) is 30.7 Å². The summed E-state index contributed by atoms with van der Waals surface area (Å²) >= 11 is 1.08. The molecule has 2 aromatic heterocycles. The Morgan fingerprint density at radius 2 is 2.07 bits per heavy atom. The standard InChI is InChI=1S/C18H16F3N5O2S2/c19-18(20,21)30-13-9-4-3-5-11(26-6-1-2-7-26)12(9)29-14(13)15-24-16(28-25-15)10-8-22-17(27)23-10/h3-5,10H,1-2,6-8H2,(H2,22,23,27). The molecule has 0 radical (unpaired) electrons. The van der Waals surface area contributed by atoms with Gasteiger partial charge in [-0.3, -0.25) is 0 Å². The number of rotatable bonds is 4. The highest BCUT2D eigenvalue weighted by Gasteiger charge is 2.35. The van der Waals surface area contributed by atoms with E-state index < -0.39 is 11.6 Å². The zero-order valence-corrected chi connectivity index (χ0v) is 17.1. The van der Waals surface area contributed by atoms with Gasteiger partial charge in [-0.15, -0.1) is 11.3 Å². The molecule has 2 N–H and O–H groups in total. The number of urea groups is 1. The van der Waals surface area contributed by atoms with Gasteiger partial charge in [0.25, 0.3) is 5.89 Å². The Balaban J connectivity index is 1.61. The van der Waals surface area contributed by atoms with Crippen molar-refractivity contribution < 1.29 is 22.5 Å². The average Bonchev–Trinajstić information content (AvgIpc) is 3.47. The second-order valence-electron chi connectivity index (χ2n) is 7.02. The van der Waals surface area contributed by atoms with Gasteiger partial charge in [0.2, 0.25) is 5.82 Å². The van der Waals surface area contributed by atoms with Gasteiger partial charge >= 0.3 is 11.5 Å². The molecule has 30 heavy (non-hydrogen) atoms. The number of hydrogen-bond donors (Lipinski definition) is 2. The third-order valence-corrected chi connectivity index (χ3v) is 7.24. The van der Waals surface area contributed by atoms with Gasteiger partial charge in [-0.1, -0.05) is 17.3 Å². The number of thioether (sulfide) groups is 1. The van der Waals surface area contributed by atoms with Crippen LogP contribution in [0.2, 0.25) is 0 Å². The van der Waals surface area contributed by atoms with Gasteiger partial charge in [0.15, 0.2) is 0 Å². The Hall–Kier alpha value is -2.47. The molecule has 2 amide bonds. The van der Waals surface area contributed by atoms with Crippen LogP contribution in [0.25, 0.3) is 20.8 Å². The van der Waals surface area contributed by atoms with E-state index in [1.54, 1.807) is 12.1 Å². The van der Waals surface area contributed by atoms with Crippen LogP contribution >= 0.6 is 23.1 Å². The Bertz CT molecular complexity index is 1110. The molecule has 5 rings (SSSR count). The lowest BCUT2D eigenvalue weighted by Crippen LogP contribution is -2.21. The van der Waals surface area contributed by atoms with Crippen molar-refractivity contribution in [3.05, 3.63) is 24.1 Å². The van der Waals surface area contributed by atoms with E-state index in [9.17, 15) is 18.0 Å². The molecule has 3 aromatic rings. The van der Waals surface area contributed by atoms with Crippen molar-refractivity contribution in [3.63, 3.8) is 0 Å². The molecule has 0 aliphatic carbocycles. The number of amides is 2. The molecule has 2 saturated heterocycles. The number of halogens is 3. The number of carbonyl (C=O) groups excluding carboxylic acids is 1. The summed E-state index contributed by atoms with van der Waals surface area (Å²) in [5.41, 5.74) is -3.52. The molecular weight excluding hydrogens is 439 g/mol. The van der Waals surface area contributed by atoms with Gasteiger partial charge < -0.3 is 20.1 Å². The number of thiophene rings is 1. The molecule has 1 atom stereocenters. The van der Waals surface area contributed by atoms with Gasteiger partial charge in [-0.25, -0.2) is 4.79 Å². The molecule has 12 heteroatoms. The third-order valence-electron chi connectivity index (χ3n) is 5.03. The van der Waals surface area contributed by atoms with Crippen LogP contribution in [0.3, 0.4) is 0 Å². The first-order chi connectivity index (χ1) is 14.4. The molecule has 0 spiro atoms. The second-order valence-corrected chi connectivity index (χ2v) is 9.12. The van der Waals surface area contributed by atoms with Crippen LogP contribution in [0.15, 0.2) is 27.6 Å². The van der Waals surface area contributed by atoms with E-state index in [2.05, 4.69) is 25.7 Å². The van der Waals surface area contributed by atoms with Crippen molar-refractivity contribution in [3.8, 4) is 10.7 Å². The van der Waals surface area contributed by atoms with Crippen molar-refractivity contribution in [1.29, 1.82) is 0 Å². The van der Waals surface area contributed by atoms with Crippen molar-refractivity contribution in [2.24, 2.45) is 0 Å². The molecule has 7 nitrogen and oxygen atoms in total. The van der Waals surface area contributed by atoms with E-state index in [0.717, 1.165) is 36.3 Å². The SMILES string of the molecule is O=C1NCC(c2nc(-c3sc4c(N5CCCC5)cccc4c3SC(F)(F)F)no2)N1. The second kappa shape index (κ2) is 7.34. The largest absolute Gasteiger partial charge is 0.446 e. The smallest absolute Gasteiger partial charge is 0.370 e. The van der Waals surface area contributed by atoms with E-state index in [-0.39, 0.29) is 40.9 Å². The average molecular weight is 455 g/mol. The summed E-state index contributed by atoms with van der Waals surface area (Å²) < 4.78 is 46.2. The molecule has 2 aliphatic rings. The van der Waals surface area contributed by atoms with E-state index in [1.807, 2.05) is 6.07 Å². The van der Waals surface area contributed by atoms with Crippen molar-refractivity contribution in [2.45, 2.75) is 29.3 Å². The molecule has 0 saturated carbocycles. The van der Waals surface area contributed by atoms with Gasteiger partial charge in [0.05, 0.1) is 15.3 Å². The lowest BCUT2D eigenvalue weighted by atomic mass is 10.2. The maximum atomic E-state index is 13.4. The summed E-state index contributed by atoms with van der Waals surface area (Å²) in [5, 5.41) is 9.66. The fraction of sp³-hybridized carbons (Fsp3) is 0.389. The molecule has 158 valence electrons. The van der Waals surface area contributed by atoms with Crippen LogP contribution in [0, 0.1) is 0 Å². The number of nitrogens with one attached hydrogen (secondary N) is 2. The quantitative estimate of drug-likeness (QED) is 0.563. The van der Waals surface area contributed by atoms with E-state index in [1.165, 1.54) is 11.3 Å². The van der Waals surface area contributed by atoms with Gasteiger partial charge in [0.1, 0.15) is 6.04 Å². The first-order valence-corrected chi connectivity index (χ1v) is 11.0. The molecule has 4 heterocycles. The monoisotopic (exact) mass is 455 g/mol. The number of anilines is 1. The predicted octanol–water partition coefficient (Wildman–Crippen LogP) is 4.52. The number of alkyl halides is 3. The van der Waals surface area contributed by atoms with E-state index in [0.29, 0.717) is 10.3 Å². The zero-order chi connectivity index (χ0) is 20.9. The van der Waals surface area contributed by atoms with Crippen LogP contribution in [0.1, 0.15) is 24.8 Å². The molecule has 2 aliphatic heterocycles. The summed E-state index contributed by atoms with van der Waals surface area (Å²) in [6.45, 7) is 2.04. The lowest BCUT2D eigenvalue weighted by Gasteiger charge is -2.18. The van der Waals surface area contributed by atoms with Crippen molar-refractivity contribution in [1.82, 2.24) is 20.8 Å². The summed E-state index contributed by atoms with van der Waals surface area (Å²) in [5.74, 6) is 0.245. The van der Waals surface area contributed by atoms with Gasteiger partial charge in [-0.2, -0.15) is 18.2 Å². The molecular formula is C18H16F3N5O2S2. The zero-order valence-electron chi connectivity index (χ0n) is 15.5. The van der Waals surface area contributed by atoms with Crippen molar-refractivity contribution >= 4 is 44.9 Å². The third kappa shape index (κ3) is 3.58. The van der Waals surface area contributed by atoms with Crippen LogP contribution in [0.5, 0.6) is 0 Å². The van der Waals surface area contributed by atoms with Crippen molar-refractivity contribution in [2.75, 3.05) is 24.5 Å². The predicted molar refractivity (Wildman–Crippen MR) is 108 cm³/mol. The first-order valence-electron chi connectivity index (χ1n) is 9.33. The molecule has 1 aromatic carbocycles. The highest BCUT2D eigenvalue weighted by atomic mass is 32.2. The number of aromatic nitrogens is 2. The van der Waals surface area contributed by atoms with Crippen LogP contribution < -0.4 is 15.5 Å². The Morgan fingerprint density at radius 3 is 2.77 bits per heavy atom.